The number of amides is 1. The highest BCUT2D eigenvalue weighted by atomic mass is 32.2. The minimum Gasteiger partial charge on any atom is -0.322 e. The number of carbonyl (C=O) groups excluding carboxylic acids is 1. The molecular weight excluding hydrogens is 283 g/mol. The summed E-state index contributed by atoms with van der Waals surface area (Å²) in [6, 6.07) is 3.30. The molecule has 2 N–H and O–H groups in total. The van der Waals surface area contributed by atoms with E-state index in [2.05, 4.69) is 10.6 Å². The molecule has 0 saturated carbocycles. The average molecular weight is 302 g/mol. The van der Waals surface area contributed by atoms with Gasteiger partial charge in [-0.15, -0.1) is 0 Å². The van der Waals surface area contributed by atoms with Crippen molar-refractivity contribution in [1.29, 1.82) is 0 Å². The van der Waals surface area contributed by atoms with Gasteiger partial charge in [0.15, 0.2) is 9.84 Å². The van der Waals surface area contributed by atoms with Crippen molar-refractivity contribution in [3.05, 3.63) is 24.0 Å². The number of carbonyl (C=O) groups is 1. The van der Waals surface area contributed by atoms with Crippen molar-refractivity contribution in [3.63, 3.8) is 0 Å². The van der Waals surface area contributed by atoms with Gasteiger partial charge in [0.2, 0.25) is 5.91 Å². The second kappa shape index (κ2) is 5.88. The van der Waals surface area contributed by atoms with E-state index in [1.165, 1.54) is 0 Å². The quantitative estimate of drug-likeness (QED) is 0.809. The lowest BCUT2D eigenvalue weighted by atomic mass is 10.0. The molecule has 0 atom stereocenters. The Balaban J connectivity index is 3.07. The molecule has 0 radical (unpaired) electrons. The zero-order chi connectivity index (χ0) is 15.6. The first-order chi connectivity index (χ1) is 9.08. The predicted molar refractivity (Wildman–Crippen MR) is 75.9 cm³/mol. The summed E-state index contributed by atoms with van der Waals surface area (Å²) in [5.74, 6) is -1.12. The standard InChI is InChI=1S/C13H19FN2O3S/c1-5-15-13(2,3)12(17)16-11-8-9(20(4,18)19)6-7-10(11)14/h6-8,15H,5H2,1-4H3,(H,16,17). The summed E-state index contributed by atoms with van der Waals surface area (Å²) < 4.78 is 36.5. The summed E-state index contributed by atoms with van der Waals surface area (Å²) in [7, 11) is -3.46. The van der Waals surface area contributed by atoms with Crippen LogP contribution in [-0.2, 0) is 14.6 Å². The van der Waals surface area contributed by atoms with Crippen molar-refractivity contribution in [2.24, 2.45) is 0 Å². The third kappa shape index (κ3) is 4.01. The number of anilines is 1. The maximum atomic E-state index is 13.7. The molecule has 7 heteroatoms. The first kappa shape index (κ1) is 16.6. The average Bonchev–Trinajstić information content (AvgIpc) is 2.30. The topological polar surface area (TPSA) is 75.3 Å². The van der Waals surface area contributed by atoms with Crippen LogP contribution in [0.15, 0.2) is 23.1 Å². The minimum atomic E-state index is -3.46. The highest BCUT2D eigenvalue weighted by Gasteiger charge is 2.27. The number of halogens is 1. The Labute approximate surface area is 118 Å². The number of hydrogen-bond donors (Lipinski definition) is 2. The molecule has 0 aliphatic heterocycles. The SMILES string of the molecule is CCNC(C)(C)C(=O)Nc1cc(S(C)(=O)=O)ccc1F. The van der Waals surface area contributed by atoms with E-state index < -0.39 is 27.1 Å². The van der Waals surface area contributed by atoms with Gasteiger partial charge in [-0.25, -0.2) is 12.8 Å². The van der Waals surface area contributed by atoms with E-state index >= 15 is 0 Å². The number of nitrogens with one attached hydrogen (secondary N) is 2. The molecule has 5 nitrogen and oxygen atoms in total. The van der Waals surface area contributed by atoms with E-state index in [1.54, 1.807) is 13.8 Å². The van der Waals surface area contributed by atoms with E-state index in [4.69, 9.17) is 0 Å². The van der Waals surface area contributed by atoms with Gasteiger partial charge in [0, 0.05) is 6.26 Å². The van der Waals surface area contributed by atoms with Crippen molar-refractivity contribution in [2.75, 3.05) is 18.1 Å². The molecule has 1 aromatic rings. The van der Waals surface area contributed by atoms with Crippen LogP contribution < -0.4 is 10.6 Å². The van der Waals surface area contributed by atoms with Gasteiger partial charge in [-0.3, -0.25) is 4.79 Å². The van der Waals surface area contributed by atoms with Crippen molar-refractivity contribution in [1.82, 2.24) is 5.32 Å². The van der Waals surface area contributed by atoms with Gasteiger partial charge in [0.1, 0.15) is 5.82 Å². The first-order valence-corrected chi connectivity index (χ1v) is 8.03. The molecule has 1 rings (SSSR count). The van der Waals surface area contributed by atoms with Gasteiger partial charge in [-0.1, -0.05) is 6.92 Å². The summed E-state index contributed by atoms with van der Waals surface area (Å²) in [5, 5.41) is 5.36. The molecule has 0 aliphatic carbocycles. The summed E-state index contributed by atoms with van der Waals surface area (Å²) >= 11 is 0. The summed E-state index contributed by atoms with van der Waals surface area (Å²) in [5.41, 5.74) is -1.04. The minimum absolute atomic E-state index is 0.0459. The summed E-state index contributed by atoms with van der Waals surface area (Å²) in [4.78, 5) is 12.0. The highest BCUT2D eigenvalue weighted by Crippen LogP contribution is 2.20. The third-order valence-corrected chi connectivity index (χ3v) is 3.91. The molecule has 112 valence electrons. The zero-order valence-corrected chi connectivity index (χ0v) is 12.8. The van der Waals surface area contributed by atoms with Crippen LogP contribution in [0.1, 0.15) is 20.8 Å². The largest absolute Gasteiger partial charge is 0.322 e. The second-order valence-corrected chi connectivity index (χ2v) is 7.04. The third-order valence-electron chi connectivity index (χ3n) is 2.80. The number of rotatable bonds is 5. The lowest BCUT2D eigenvalue weighted by molar-refractivity contribution is -0.121. The molecule has 0 aromatic heterocycles. The van der Waals surface area contributed by atoms with Gasteiger partial charge in [-0.2, -0.15) is 0 Å². The molecule has 0 unspecified atom stereocenters. The molecule has 0 spiro atoms. The maximum absolute atomic E-state index is 13.7. The van der Waals surface area contributed by atoms with Crippen LogP contribution in [-0.4, -0.2) is 32.7 Å². The summed E-state index contributed by atoms with van der Waals surface area (Å²) in [6.07, 6.45) is 1.02. The monoisotopic (exact) mass is 302 g/mol. The molecule has 0 heterocycles. The number of benzene rings is 1. The molecule has 1 amide bonds. The van der Waals surface area contributed by atoms with Gasteiger partial charge < -0.3 is 10.6 Å². The van der Waals surface area contributed by atoms with Gasteiger partial charge >= 0.3 is 0 Å². The fourth-order valence-electron chi connectivity index (χ4n) is 1.63. The lowest BCUT2D eigenvalue weighted by Crippen LogP contribution is -2.49. The predicted octanol–water partition coefficient (Wildman–Crippen LogP) is 1.56. The normalized spacial score (nSPS) is 12.2. The lowest BCUT2D eigenvalue weighted by Gasteiger charge is -2.24. The first-order valence-electron chi connectivity index (χ1n) is 6.14. The van der Waals surface area contributed by atoms with Crippen LogP contribution in [0, 0.1) is 5.82 Å². The number of likely N-dealkylation sites (N-methyl/N-ethyl adjacent to an activating group) is 1. The fraction of sp³-hybridized carbons (Fsp3) is 0.462. The van der Waals surface area contributed by atoms with E-state index in [0.717, 1.165) is 24.5 Å². The van der Waals surface area contributed by atoms with Crippen LogP contribution in [0.4, 0.5) is 10.1 Å². The van der Waals surface area contributed by atoms with Crippen molar-refractivity contribution >= 4 is 21.4 Å². The highest BCUT2D eigenvalue weighted by molar-refractivity contribution is 7.90. The van der Waals surface area contributed by atoms with E-state index in [1.807, 2.05) is 6.92 Å². The Morgan fingerprint density at radius 2 is 1.95 bits per heavy atom. The van der Waals surface area contributed by atoms with Gasteiger partial charge in [0.05, 0.1) is 16.1 Å². The molecule has 0 aliphatic rings. The Hall–Kier alpha value is -1.47. The van der Waals surface area contributed by atoms with Crippen LogP contribution in [0.5, 0.6) is 0 Å². The molecule has 0 saturated heterocycles. The molecule has 0 fully saturated rings. The van der Waals surface area contributed by atoms with Gasteiger partial charge in [0.25, 0.3) is 0 Å². The molecule has 1 aromatic carbocycles. The number of sulfone groups is 1. The molecular formula is C13H19FN2O3S. The molecule has 0 bridgehead atoms. The Morgan fingerprint density at radius 1 is 1.35 bits per heavy atom. The number of hydrogen-bond acceptors (Lipinski definition) is 4. The van der Waals surface area contributed by atoms with Crippen LogP contribution in [0.3, 0.4) is 0 Å². The van der Waals surface area contributed by atoms with Gasteiger partial charge in [-0.05, 0) is 38.6 Å². The van der Waals surface area contributed by atoms with E-state index in [9.17, 15) is 17.6 Å². The second-order valence-electron chi connectivity index (χ2n) is 5.02. The van der Waals surface area contributed by atoms with Crippen LogP contribution in [0.25, 0.3) is 0 Å². The van der Waals surface area contributed by atoms with Crippen LogP contribution in [0.2, 0.25) is 0 Å². The summed E-state index contributed by atoms with van der Waals surface area (Å²) in [6.45, 7) is 5.74. The Kier molecular flexibility index (Phi) is 4.88. The molecule has 20 heavy (non-hydrogen) atoms. The maximum Gasteiger partial charge on any atom is 0.244 e. The van der Waals surface area contributed by atoms with Crippen LogP contribution >= 0.6 is 0 Å². The fourth-order valence-corrected chi connectivity index (χ4v) is 2.28. The van der Waals surface area contributed by atoms with Crippen molar-refractivity contribution in [2.45, 2.75) is 31.2 Å². The smallest absolute Gasteiger partial charge is 0.244 e. The van der Waals surface area contributed by atoms with E-state index in [0.29, 0.717) is 6.54 Å². The van der Waals surface area contributed by atoms with E-state index in [-0.39, 0.29) is 10.6 Å². The zero-order valence-electron chi connectivity index (χ0n) is 12.0. The Morgan fingerprint density at radius 3 is 2.45 bits per heavy atom. The van der Waals surface area contributed by atoms with Crippen molar-refractivity contribution < 1.29 is 17.6 Å². The Bertz CT molecular complexity index is 612. The van der Waals surface area contributed by atoms with Crippen molar-refractivity contribution in [3.8, 4) is 0 Å².